The van der Waals surface area contributed by atoms with Gasteiger partial charge in [0.05, 0.1) is 12.7 Å². The largest absolute Gasteiger partial charge is 0.477 e. The van der Waals surface area contributed by atoms with Crippen molar-refractivity contribution in [1.82, 2.24) is 24.8 Å². The zero-order valence-corrected chi connectivity index (χ0v) is 10.0. The fourth-order valence-corrected chi connectivity index (χ4v) is 1.60. The first kappa shape index (κ1) is 12.8. The number of aromatic carboxylic acids is 1. The number of carbonyl (C=O) groups excluding carboxylic acids is 1. The van der Waals surface area contributed by atoms with Gasteiger partial charge in [-0.25, -0.2) is 14.8 Å². The monoisotopic (exact) mass is 263 g/mol. The van der Waals surface area contributed by atoms with Gasteiger partial charge < -0.3 is 20.0 Å². The molecule has 2 aromatic heterocycles. The molecule has 0 saturated heterocycles. The third-order valence-electron chi connectivity index (χ3n) is 2.51. The second-order valence-electron chi connectivity index (χ2n) is 3.84. The minimum atomic E-state index is -1.21. The molecule has 0 radical (unpaired) electrons. The van der Waals surface area contributed by atoms with Crippen LogP contribution in [-0.2, 0) is 6.54 Å². The zero-order valence-electron chi connectivity index (χ0n) is 10.0. The molecule has 0 fully saturated rings. The Hall–Kier alpha value is -2.64. The van der Waals surface area contributed by atoms with Crippen LogP contribution in [0.2, 0.25) is 0 Å². The Morgan fingerprint density at radius 1 is 1.47 bits per heavy atom. The van der Waals surface area contributed by atoms with Crippen LogP contribution >= 0.6 is 0 Å². The third kappa shape index (κ3) is 3.18. The lowest BCUT2D eigenvalue weighted by molar-refractivity contribution is 0.0685. The number of rotatable bonds is 6. The molecular formula is C11H13N5O3. The van der Waals surface area contributed by atoms with Gasteiger partial charge in [-0.2, -0.15) is 0 Å². The van der Waals surface area contributed by atoms with Crippen molar-refractivity contribution in [3.8, 4) is 0 Å². The predicted octanol–water partition coefficient (Wildman–Crippen LogP) is 0.124. The highest BCUT2D eigenvalue weighted by Crippen LogP contribution is 2.02. The average Bonchev–Trinajstić information content (AvgIpc) is 3.04. The molecule has 0 bridgehead atoms. The van der Waals surface area contributed by atoms with Gasteiger partial charge in [-0.3, -0.25) is 4.79 Å². The van der Waals surface area contributed by atoms with E-state index in [1.165, 1.54) is 6.33 Å². The standard InChI is InChI=1S/C11H13N5O3/c17-10(8-9(11(18)19)15-6-14-8)13-2-1-4-16-5-3-12-7-16/h3,5-7H,1-2,4H2,(H,13,17)(H,14,15)(H,18,19). The maximum Gasteiger partial charge on any atom is 0.354 e. The van der Waals surface area contributed by atoms with Crippen molar-refractivity contribution < 1.29 is 14.7 Å². The number of hydrogen-bond donors (Lipinski definition) is 3. The number of aryl methyl sites for hydroxylation is 1. The van der Waals surface area contributed by atoms with E-state index in [2.05, 4.69) is 20.3 Å². The van der Waals surface area contributed by atoms with Crippen LogP contribution in [0, 0.1) is 0 Å². The minimum absolute atomic E-state index is 0.102. The summed E-state index contributed by atoms with van der Waals surface area (Å²) in [6.07, 6.45) is 7.11. The van der Waals surface area contributed by atoms with E-state index < -0.39 is 11.9 Å². The number of aromatic amines is 1. The first-order valence-electron chi connectivity index (χ1n) is 5.69. The van der Waals surface area contributed by atoms with Crippen LogP contribution in [0.15, 0.2) is 25.0 Å². The molecule has 8 nitrogen and oxygen atoms in total. The fourth-order valence-electron chi connectivity index (χ4n) is 1.60. The molecule has 0 atom stereocenters. The topological polar surface area (TPSA) is 113 Å². The number of H-pyrrole nitrogens is 1. The highest BCUT2D eigenvalue weighted by Gasteiger charge is 2.18. The summed E-state index contributed by atoms with van der Waals surface area (Å²) in [4.78, 5) is 32.5. The van der Waals surface area contributed by atoms with Crippen molar-refractivity contribution in [2.45, 2.75) is 13.0 Å². The van der Waals surface area contributed by atoms with Crippen molar-refractivity contribution in [3.05, 3.63) is 36.4 Å². The Bertz CT molecular complexity index is 561. The van der Waals surface area contributed by atoms with Crippen molar-refractivity contribution >= 4 is 11.9 Å². The molecule has 0 aliphatic rings. The molecule has 2 rings (SSSR count). The van der Waals surface area contributed by atoms with Crippen molar-refractivity contribution in [1.29, 1.82) is 0 Å². The smallest absolute Gasteiger partial charge is 0.354 e. The normalized spacial score (nSPS) is 10.3. The molecule has 0 saturated carbocycles. The van der Waals surface area contributed by atoms with Crippen LogP contribution in [0.3, 0.4) is 0 Å². The van der Waals surface area contributed by atoms with Gasteiger partial charge in [-0.15, -0.1) is 0 Å². The average molecular weight is 263 g/mol. The van der Waals surface area contributed by atoms with Crippen LogP contribution in [0.1, 0.15) is 27.4 Å². The highest BCUT2D eigenvalue weighted by atomic mass is 16.4. The van der Waals surface area contributed by atoms with Crippen molar-refractivity contribution in [3.63, 3.8) is 0 Å². The van der Waals surface area contributed by atoms with E-state index in [-0.39, 0.29) is 11.4 Å². The van der Waals surface area contributed by atoms with Crippen molar-refractivity contribution in [2.75, 3.05) is 6.54 Å². The molecule has 2 aromatic rings. The maximum atomic E-state index is 11.7. The Morgan fingerprint density at radius 3 is 3.00 bits per heavy atom. The van der Waals surface area contributed by atoms with E-state index in [1.54, 1.807) is 12.5 Å². The van der Waals surface area contributed by atoms with Crippen LogP contribution in [0.5, 0.6) is 0 Å². The van der Waals surface area contributed by atoms with Crippen LogP contribution in [-0.4, -0.2) is 43.0 Å². The first-order valence-corrected chi connectivity index (χ1v) is 5.69. The molecule has 0 aliphatic heterocycles. The van der Waals surface area contributed by atoms with Gasteiger partial charge in [-0.05, 0) is 6.42 Å². The van der Waals surface area contributed by atoms with Gasteiger partial charge in [0.15, 0.2) is 11.4 Å². The second kappa shape index (κ2) is 5.80. The van der Waals surface area contributed by atoms with Gasteiger partial charge in [0, 0.05) is 25.5 Å². The van der Waals surface area contributed by atoms with E-state index in [1.807, 2.05) is 10.8 Å². The lowest BCUT2D eigenvalue weighted by Crippen LogP contribution is -2.27. The summed E-state index contributed by atoms with van der Waals surface area (Å²) in [5.74, 6) is -1.70. The van der Waals surface area contributed by atoms with Crippen LogP contribution < -0.4 is 5.32 Å². The number of carboxylic acids is 1. The summed E-state index contributed by atoms with van der Waals surface area (Å²) in [6, 6.07) is 0. The number of aromatic nitrogens is 4. The summed E-state index contributed by atoms with van der Waals surface area (Å²) in [5, 5.41) is 11.5. The summed E-state index contributed by atoms with van der Waals surface area (Å²) in [6.45, 7) is 1.16. The van der Waals surface area contributed by atoms with Gasteiger partial charge in [0.1, 0.15) is 0 Å². The molecular weight excluding hydrogens is 250 g/mol. The quantitative estimate of drug-likeness (QED) is 0.641. The highest BCUT2D eigenvalue weighted by molar-refractivity contribution is 6.02. The van der Waals surface area contributed by atoms with Gasteiger partial charge in [0.25, 0.3) is 5.91 Å². The number of carbonyl (C=O) groups is 2. The van der Waals surface area contributed by atoms with Crippen molar-refractivity contribution in [2.24, 2.45) is 0 Å². The van der Waals surface area contributed by atoms with Gasteiger partial charge in [-0.1, -0.05) is 0 Å². The predicted molar refractivity (Wildman–Crippen MR) is 64.7 cm³/mol. The molecule has 0 aliphatic carbocycles. The van der Waals surface area contributed by atoms with E-state index >= 15 is 0 Å². The lowest BCUT2D eigenvalue weighted by atomic mass is 10.3. The van der Waals surface area contributed by atoms with E-state index in [0.29, 0.717) is 6.54 Å². The number of imidazole rings is 2. The Balaban J connectivity index is 1.81. The Labute approximate surface area is 108 Å². The molecule has 3 N–H and O–H groups in total. The zero-order chi connectivity index (χ0) is 13.7. The maximum absolute atomic E-state index is 11.7. The molecule has 19 heavy (non-hydrogen) atoms. The molecule has 1 amide bonds. The molecule has 0 aromatic carbocycles. The molecule has 0 spiro atoms. The van der Waals surface area contributed by atoms with Gasteiger partial charge in [0.2, 0.25) is 0 Å². The summed E-state index contributed by atoms with van der Waals surface area (Å²) in [7, 11) is 0. The van der Waals surface area contributed by atoms with E-state index in [9.17, 15) is 9.59 Å². The summed E-state index contributed by atoms with van der Waals surface area (Å²) < 4.78 is 1.89. The molecule has 2 heterocycles. The SMILES string of the molecule is O=C(NCCCn1ccnc1)c1nc[nH]c1C(=O)O. The third-order valence-corrected chi connectivity index (χ3v) is 2.51. The fraction of sp³-hybridized carbons (Fsp3) is 0.273. The first-order chi connectivity index (χ1) is 9.18. The number of nitrogens with zero attached hydrogens (tertiary/aromatic N) is 3. The van der Waals surface area contributed by atoms with E-state index in [4.69, 9.17) is 5.11 Å². The summed E-state index contributed by atoms with van der Waals surface area (Å²) >= 11 is 0. The van der Waals surface area contributed by atoms with Crippen LogP contribution in [0.4, 0.5) is 0 Å². The number of carboxylic acid groups (broad SMARTS) is 1. The van der Waals surface area contributed by atoms with Crippen LogP contribution in [0.25, 0.3) is 0 Å². The second-order valence-corrected chi connectivity index (χ2v) is 3.84. The molecule has 8 heteroatoms. The minimum Gasteiger partial charge on any atom is -0.477 e. The summed E-state index contributed by atoms with van der Waals surface area (Å²) in [5.41, 5.74) is -0.303. The number of nitrogens with one attached hydrogen (secondary N) is 2. The van der Waals surface area contributed by atoms with Gasteiger partial charge >= 0.3 is 5.97 Å². The molecule has 0 unspecified atom stereocenters. The Morgan fingerprint density at radius 2 is 2.32 bits per heavy atom. The Kier molecular flexibility index (Phi) is 3.91. The lowest BCUT2D eigenvalue weighted by Gasteiger charge is -2.04. The number of amides is 1. The number of hydrogen-bond acceptors (Lipinski definition) is 4. The molecule has 100 valence electrons. The van der Waals surface area contributed by atoms with E-state index in [0.717, 1.165) is 13.0 Å².